The number of nitrogens with zero attached hydrogens (tertiary/aromatic N) is 6. The minimum absolute atomic E-state index is 0.137. The number of carbonyl (C=O) groups excluding carboxylic acids is 1. The lowest BCUT2D eigenvalue weighted by Crippen LogP contribution is -2.41. The van der Waals surface area contributed by atoms with E-state index < -0.39 is 0 Å². The Morgan fingerprint density at radius 3 is 2.80 bits per heavy atom. The van der Waals surface area contributed by atoms with Crippen molar-refractivity contribution in [1.29, 1.82) is 5.26 Å². The lowest BCUT2D eigenvalue weighted by Gasteiger charge is -2.33. The number of aromatic nitrogens is 4. The number of rotatable bonds is 4. The van der Waals surface area contributed by atoms with Crippen LogP contribution in [0.1, 0.15) is 39.7 Å². The van der Waals surface area contributed by atoms with Crippen LogP contribution in [0, 0.1) is 16.7 Å². The molecule has 1 amide bonds. The molecular formula is C25H28ClN7O2. The summed E-state index contributed by atoms with van der Waals surface area (Å²) in [6.07, 6.45) is 4.71. The third kappa shape index (κ3) is 4.93. The summed E-state index contributed by atoms with van der Waals surface area (Å²) < 4.78 is 7.20. The lowest BCUT2D eigenvalue weighted by atomic mass is 9.93. The quantitative estimate of drug-likeness (QED) is 0.422. The second kappa shape index (κ2) is 9.55. The van der Waals surface area contributed by atoms with Crippen LogP contribution >= 0.6 is 11.6 Å². The third-order valence-electron chi connectivity index (χ3n) is 5.90. The Hall–Kier alpha value is -3.64. The van der Waals surface area contributed by atoms with Crippen molar-refractivity contribution in [3.63, 3.8) is 0 Å². The molecule has 182 valence electrons. The van der Waals surface area contributed by atoms with Gasteiger partial charge in [0.2, 0.25) is 0 Å². The first kappa shape index (κ1) is 24.5. The first-order valence-corrected chi connectivity index (χ1v) is 11.8. The average Bonchev–Trinajstić information content (AvgIpc) is 3.23. The van der Waals surface area contributed by atoms with Gasteiger partial charge in [0.25, 0.3) is 5.91 Å². The Bertz CT molecular complexity index is 1350. The SMILES string of the molecule is COc1cc(-c2nn([C@@H]3CCCN(C(=O)/C(C#N)=C/C(C)(C)C)C3)c3ncnc(N)c23)ccc1Cl. The van der Waals surface area contributed by atoms with Gasteiger partial charge >= 0.3 is 0 Å². The number of likely N-dealkylation sites (tertiary alicyclic amines) is 1. The molecule has 0 saturated carbocycles. The van der Waals surface area contributed by atoms with E-state index in [9.17, 15) is 10.1 Å². The Balaban J connectivity index is 1.74. The molecule has 1 saturated heterocycles. The molecule has 4 rings (SSSR count). The number of hydrogen-bond acceptors (Lipinski definition) is 7. The van der Waals surface area contributed by atoms with Crippen LogP contribution in [-0.2, 0) is 4.79 Å². The van der Waals surface area contributed by atoms with Crippen molar-refractivity contribution in [2.75, 3.05) is 25.9 Å². The maximum atomic E-state index is 13.2. The molecule has 3 heterocycles. The van der Waals surface area contributed by atoms with Gasteiger partial charge in [0, 0.05) is 18.7 Å². The van der Waals surface area contributed by atoms with Crippen molar-refractivity contribution in [3.8, 4) is 23.1 Å². The van der Waals surface area contributed by atoms with Crippen LogP contribution in [0.5, 0.6) is 5.75 Å². The second-order valence-electron chi connectivity index (χ2n) is 9.68. The van der Waals surface area contributed by atoms with Gasteiger partial charge in [-0.15, -0.1) is 0 Å². The number of piperidine rings is 1. The molecular weight excluding hydrogens is 466 g/mol. The van der Waals surface area contributed by atoms with E-state index in [1.807, 2.05) is 31.5 Å². The zero-order valence-electron chi connectivity index (χ0n) is 20.2. The predicted octanol–water partition coefficient (Wildman–Crippen LogP) is 4.40. The van der Waals surface area contributed by atoms with Gasteiger partial charge in [0.05, 0.1) is 23.6 Å². The molecule has 1 fully saturated rings. The highest BCUT2D eigenvalue weighted by Gasteiger charge is 2.30. The van der Waals surface area contributed by atoms with E-state index in [1.165, 1.54) is 6.33 Å². The summed E-state index contributed by atoms with van der Waals surface area (Å²) in [4.78, 5) is 23.5. The molecule has 1 atom stereocenters. The molecule has 0 unspecified atom stereocenters. The number of benzene rings is 1. The van der Waals surface area contributed by atoms with Crippen LogP contribution < -0.4 is 10.5 Å². The minimum atomic E-state index is -0.281. The summed E-state index contributed by atoms with van der Waals surface area (Å²) in [6.45, 7) is 6.87. The molecule has 0 bridgehead atoms. The summed E-state index contributed by atoms with van der Waals surface area (Å²) >= 11 is 6.22. The minimum Gasteiger partial charge on any atom is -0.495 e. The van der Waals surface area contributed by atoms with Crippen LogP contribution in [0.4, 0.5) is 5.82 Å². The summed E-state index contributed by atoms with van der Waals surface area (Å²) in [6, 6.07) is 7.33. The zero-order valence-corrected chi connectivity index (χ0v) is 21.0. The molecule has 9 nitrogen and oxygen atoms in total. The molecule has 0 spiro atoms. The van der Waals surface area contributed by atoms with Gasteiger partial charge < -0.3 is 15.4 Å². The number of methoxy groups -OCH3 is 1. The highest BCUT2D eigenvalue weighted by atomic mass is 35.5. The van der Waals surface area contributed by atoms with Crippen LogP contribution in [0.2, 0.25) is 5.02 Å². The van der Waals surface area contributed by atoms with Gasteiger partial charge in [-0.2, -0.15) is 10.4 Å². The lowest BCUT2D eigenvalue weighted by molar-refractivity contribution is -0.128. The van der Waals surface area contributed by atoms with Crippen molar-refractivity contribution in [2.24, 2.45) is 5.41 Å². The molecule has 3 aromatic rings. The van der Waals surface area contributed by atoms with Crippen LogP contribution in [0.3, 0.4) is 0 Å². The number of halogens is 1. The van der Waals surface area contributed by atoms with Crippen LogP contribution in [0.25, 0.3) is 22.3 Å². The van der Waals surface area contributed by atoms with Crippen molar-refractivity contribution in [3.05, 3.63) is 41.2 Å². The summed E-state index contributed by atoms with van der Waals surface area (Å²) in [5, 5.41) is 15.6. The fourth-order valence-corrected chi connectivity index (χ4v) is 4.54. The van der Waals surface area contributed by atoms with E-state index in [-0.39, 0.29) is 22.9 Å². The van der Waals surface area contributed by atoms with E-state index in [0.29, 0.717) is 46.4 Å². The molecule has 1 aliphatic heterocycles. The van der Waals surface area contributed by atoms with Gasteiger partial charge in [0.1, 0.15) is 35.2 Å². The fraction of sp³-hybridized carbons (Fsp3) is 0.400. The maximum absolute atomic E-state index is 13.2. The Kier molecular flexibility index (Phi) is 6.68. The highest BCUT2D eigenvalue weighted by Crippen LogP contribution is 2.37. The standard InChI is InChI=1S/C25H28ClN7O2/c1-25(2,3)11-16(12-27)24(34)32-9-5-6-17(13-32)33-23-20(22(28)29-14-30-23)21(31-33)15-7-8-18(26)19(10-15)35-4/h7-8,10-11,14,17H,5-6,9,13H2,1-4H3,(H2,28,29,30)/b16-11+/t17-/m1/s1. The molecule has 0 aliphatic carbocycles. The topological polar surface area (TPSA) is 123 Å². The summed E-state index contributed by atoms with van der Waals surface area (Å²) in [5.41, 5.74) is 8.10. The number of hydrogen-bond donors (Lipinski definition) is 1. The monoisotopic (exact) mass is 493 g/mol. The van der Waals surface area contributed by atoms with E-state index in [2.05, 4.69) is 16.0 Å². The third-order valence-corrected chi connectivity index (χ3v) is 6.21. The van der Waals surface area contributed by atoms with Gasteiger partial charge in [-0.05, 0) is 30.4 Å². The summed E-state index contributed by atoms with van der Waals surface area (Å²) in [5.74, 6) is 0.570. The van der Waals surface area contributed by atoms with Crippen LogP contribution in [-0.4, -0.2) is 50.8 Å². The van der Waals surface area contributed by atoms with Gasteiger partial charge in [-0.25, -0.2) is 14.6 Å². The van der Waals surface area contributed by atoms with Crippen molar-refractivity contribution in [1.82, 2.24) is 24.6 Å². The van der Waals surface area contributed by atoms with Crippen molar-refractivity contribution < 1.29 is 9.53 Å². The number of nitriles is 1. The van der Waals surface area contributed by atoms with Gasteiger partial charge in [0.15, 0.2) is 5.65 Å². The molecule has 35 heavy (non-hydrogen) atoms. The average molecular weight is 494 g/mol. The van der Waals surface area contributed by atoms with Crippen molar-refractivity contribution in [2.45, 2.75) is 39.7 Å². The van der Waals surface area contributed by atoms with Crippen molar-refractivity contribution >= 4 is 34.4 Å². The van der Waals surface area contributed by atoms with E-state index in [0.717, 1.165) is 18.4 Å². The first-order valence-electron chi connectivity index (χ1n) is 11.4. The molecule has 2 aromatic heterocycles. The Labute approximate surface area is 209 Å². The molecule has 1 aromatic carbocycles. The number of fused-ring (bicyclic) bond motifs is 1. The van der Waals surface area contributed by atoms with E-state index in [4.69, 9.17) is 27.2 Å². The number of amides is 1. The highest BCUT2D eigenvalue weighted by molar-refractivity contribution is 6.32. The number of allylic oxidation sites excluding steroid dienone is 1. The Morgan fingerprint density at radius 2 is 2.11 bits per heavy atom. The number of nitrogen functional groups attached to an aromatic ring is 1. The second-order valence-corrected chi connectivity index (χ2v) is 10.1. The number of anilines is 1. The molecule has 0 radical (unpaired) electrons. The first-order chi connectivity index (χ1) is 16.6. The fourth-order valence-electron chi connectivity index (χ4n) is 4.34. The smallest absolute Gasteiger partial charge is 0.264 e. The number of nitrogens with two attached hydrogens (primary N) is 1. The molecule has 1 aliphatic rings. The number of carbonyl (C=O) groups is 1. The van der Waals surface area contributed by atoms with Gasteiger partial charge in [-0.1, -0.05) is 44.5 Å². The largest absolute Gasteiger partial charge is 0.495 e. The Morgan fingerprint density at radius 1 is 1.34 bits per heavy atom. The van der Waals surface area contributed by atoms with E-state index >= 15 is 0 Å². The zero-order chi connectivity index (χ0) is 25.3. The predicted molar refractivity (Wildman–Crippen MR) is 135 cm³/mol. The maximum Gasteiger partial charge on any atom is 0.264 e. The molecule has 2 N–H and O–H groups in total. The summed E-state index contributed by atoms with van der Waals surface area (Å²) in [7, 11) is 1.55. The molecule has 10 heteroatoms. The number of ether oxygens (including phenoxy) is 1. The van der Waals surface area contributed by atoms with Crippen LogP contribution in [0.15, 0.2) is 36.2 Å². The van der Waals surface area contributed by atoms with Gasteiger partial charge in [-0.3, -0.25) is 4.79 Å². The van der Waals surface area contributed by atoms with E-state index in [1.54, 1.807) is 30.2 Å². The normalized spacial score (nSPS) is 16.9.